The van der Waals surface area contributed by atoms with Crippen molar-refractivity contribution in [2.75, 3.05) is 13.1 Å². The summed E-state index contributed by atoms with van der Waals surface area (Å²) in [5.74, 6) is -0.291. The number of rotatable bonds is 4. The molecular weight excluding hydrogens is 318 g/mol. The van der Waals surface area contributed by atoms with Gasteiger partial charge in [0.1, 0.15) is 0 Å². The van der Waals surface area contributed by atoms with Crippen molar-refractivity contribution >= 4 is 11.9 Å². The second kappa shape index (κ2) is 7.42. The molecule has 1 aliphatic heterocycles. The van der Waals surface area contributed by atoms with E-state index in [1.807, 2.05) is 11.0 Å². The summed E-state index contributed by atoms with van der Waals surface area (Å²) in [5, 5.41) is 9.07. The van der Waals surface area contributed by atoms with Crippen LogP contribution in [0.4, 0.5) is 0 Å². The van der Waals surface area contributed by atoms with Gasteiger partial charge in [-0.15, -0.1) is 0 Å². The highest BCUT2D eigenvalue weighted by molar-refractivity contribution is 5.89. The first kappa shape index (κ1) is 17.1. The summed E-state index contributed by atoms with van der Waals surface area (Å²) in [4.78, 5) is 33.2. The molecule has 0 bridgehead atoms. The lowest BCUT2D eigenvalue weighted by Crippen LogP contribution is -2.37. The number of carbonyl (C=O) groups excluding carboxylic acids is 1. The first-order chi connectivity index (χ1) is 12.0. The Morgan fingerprint density at radius 3 is 2.56 bits per heavy atom. The largest absolute Gasteiger partial charge is 0.478 e. The highest BCUT2D eigenvalue weighted by atomic mass is 16.4. The average molecular weight is 339 g/mol. The van der Waals surface area contributed by atoms with Crippen LogP contribution in [0.5, 0.6) is 0 Å². The van der Waals surface area contributed by atoms with Gasteiger partial charge in [0, 0.05) is 31.8 Å². The van der Waals surface area contributed by atoms with Gasteiger partial charge in [0.2, 0.25) is 5.91 Å². The van der Waals surface area contributed by atoms with Crippen molar-refractivity contribution in [3.05, 3.63) is 47.9 Å². The third-order valence-electron chi connectivity index (χ3n) is 4.67. The number of hydrogen-bond donors (Lipinski definition) is 1. The molecule has 1 aromatic carbocycles. The predicted molar refractivity (Wildman–Crippen MR) is 93.1 cm³/mol. The van der Waals surface area contributed by atoms with Gasteiger partial charge in [-0.05, 0) is 37.3 Å². The van der Waals surface area contributed by atoms with Crippen LogP contribution in [0, 0.1) is 5.92 Å². The summed E-state index contributed by atoms with van der Waals surface area (Å²) < 4.78 is 0. The number of piperidine rings is 1. The Kier molecular flexibility index (Phi) is 5.07. The predicted octanol–water partition coefficient (Wildman–Crippen LogP) is 2.64. The van der Waals surface area contributed by atoms with Crippen molar-refractivity contribution in [1.29, 1.82) is 0 Å². The van der Waals surface area contributed by atoms with Crippen LogP contribution in [0.15, 0.2) is 36.7 Å². The highest BCUT2D eigenvalue weighted by Crippen LogP contribution is 2.22. The molecule has 0 radical (unpaired) electrons. The number of likely N-dealkylation sites (tertiary alicyclic amines) is 1. The Labute approximate surface area is 146 Å². The van der Waals surface area contributed by atoms with Gasteiger partial charge in [-0.1, -0.05) is 12.1 Å². The number of amides is 1. The molecule has 0 spiro atoms. The number of nitrogens with zero attached hydrogens (tertiary/aromatic N) is 3. The number of carbonyl (C=O) groups is 2. The van der Waals surface area contributed by atoms with Crippen LogP contribution in [0.1, 0.15) is 35.8 Å². The summed E-state index contributed by atoms with van der Waals surface area (Å²) >= 11 is 0. The number of aromatic nitrogens is 2. The standard InChI is InChI=1S/C19H21N3O3/c1-13(23)22-7-5-14(6-8-22)9-17-11-21-18(12-20-17)15-3-2-4-16(10-15)19(24)25/h2-4,10-12,14H,5-9H2,1H3,(H,24,25). The maximum absolute atomic E-state index is 11.4. The minimum atomic E-state index is -0.955. The van der Waals surface area contributed by atoms with Crippen LogP contribution in [-0.2, 0) is 11.2 Å². The van der Waals surface area contributed by atoms with Gasteiger partial charge < -0.3 is 10.0 Å². The van der Waals surface area contributed by atoms with E-state index in [0.29, 0.717) is 11.6 Å². The Morgan fingerprint density at radius 1 is 1.20 bits per heavy atom. The zero-order chi connectivity index (χ0) is 17.8. The fourth-order valence-electron chi connectivity index (χ4n) is 3.17. The number of aromatic carboxylic acids is 1. The van der Waals surface area contributed by atoms with Crippen LogP contribution >= 0.6 is 0 Å². The molecule has 0 aliphatic carbocycles. The Morgan fingerprint density at radius 2 is 1.96 bits per heavy atom. The lowest BCUT2D eigenvalue weighted by atomic mass is 9.92. The molecule has 2 aromatic rings. The van der Waals surface area contributed by atoms with Gasteiger partial charge in [0.15, 0.2) is 0 Å². The third kappa shape index (κ3) is 4.21. The van der Waals surface area contributed by atoms with E-state index in [4.69, 9.17) is 5.11 Å². The van der Waals surface area contributed by atoms with Gasteiger partial charge >= 0.3 is 5.97 Å². The lowest BCUT2D eigenvalue weighted by Gasteiger charge is -2.31. The second-order valence-corrected chi connectivity index (χ2v) is 6.43. The monoisotopic (exact) mass is 339 g/mol. The molecule has 3 rings (SSSR count). The molecule has 0 unspecified atom stereocenters. The smallest absolute Gasteiger partial charge is 0.335 e. The maximum atomic E-state index is 11.4. The summed E-state index contributed by atoms with van der Waals surface area (Å²) in [6.45, 7) is 3.24. The lowest BCUT2D eigenvalue weighted by molar-refractivity contribution is -0.130. The summed E-state index contributed by atoms with van der Waals surface area (Å²) in [5.41, 5.74) is 2.58. The fourth-order valence-corrected chi connectivity index (χ4v) is 3.17. The molecule has 1 aromatic heterocycles. The molecule has 2 heterocycles. The Bertz CT molecular complexity index is 766. The Balaban J connectivity index is 1.64. The minimum Gasteiger partial charge on any atom is -0.478 e. The van der Waals surface area contributed by atoms with Crippen molar-refractivity contribution in [3.63, 3.8) is 0 Å². The van der Waals surface area contributed by atoms with Crippen LogP contribution in [0.2, 0.25) is 0 Å². The van der Waals surface area contributed by atoms with Crippen molar-refractivity contribution in [2.24, 2.45) is 5.92 Å². The number of benzene rings is 1. The average Bonchev–Trinajstić information content (AvgIpc) is 2.63. The normalized spacial score (nSPS) is 15.2. The molecule has 1 saturated heterocycles. The number of hydrogen-bond acceptors (Lipinski definition) is 4. The van der Waals surface area contributed by atoms with E-state index in [1.165, 1.54) is 0 Å². The molecule has 0 saturated carbocycles. The van der Waals surface area contributed by atoms with Crippen molar-refractivity contribution < 1.29 is 14.7 Å². The molecule has 25 heavy (non-hydrogen) atoms. The molecule has 1 aliphatic rings. The summed E-state index contributed by atoms with van der Waals surface area (Å²) in [7, 11) is 0. The van der Waals surface area contributed by atoms with E-state index < -0.39 is 5.97 Å². The maximum Gasteiger partial charge on any atom is 0.335 e. The van der Waals surface area contributed by atoms with Gasteiger partial charge in [0.05, 0.1) is 23.1 Å². The Hall–Kier alpha value is -2.76. The zero-order valence-electron chi connectivity index (χ0n) is 14.2. The van der Waals surface area contributed by atoms with Crippen LogP contribution in [-0.4, -0.2) is 44.9 Å². The van der Waals surface area contributed by atoms with Gasteiger partial charge in [-0.3, -0.25) is 14.8 Å². The first-order valence-corrected chi connectivity index (χ1v) is 8.43. The summed E-state index contributed by atoms with van der Waals surface area (Å²) in [6.07, 6.45) is 6.29. The fraction of sp³-hybridized carbons (Fsp3) is 0.368. The van der Waals surface area contributed by atoms with Gasteiger partial charge in [0.25, 0.3) is 0 Å². The molecule has 6 nitrogen and oxygen atoms in total. The van der Waals surface area contributed by atoms with E-state index in [2.05, 4.69) is 9.97 Å². The molecule has 1 fully saturated rings. The topological polar surface area (TPSA) is 83.4 Å². The summed E-state index contributed by atoms with van der Waals surface area (Å²) in [6, 6.07) is 6.69. The van der Waals surface area contributed by atoms with E-state index in [1.54, 1.807) is 37.5 Å². The highest BCUT2D eigenvalue weighted by Gasteiger charge is 2.21. The van der Waals surface area contributed by atoms with Crippen LogP contribution in [0.25, 0.3) is 11.3 Å². The number of carboxylic acids is 1. The second-order valence-electron chi connectivity index (χ2n) is 6.43. The van der Waals surface area contributed by atoms with Crippen LogP contribution in [0.3, 0.4) is 0 Å². The van der Waals surface area contributed by atoms with Crippen molar-refractivity contribution in [2.45, 2.75) is 26.2 Å². The van der Waals surface area contributed by atoms with E-state index in [0.717, 1.165) is 43.6 Å². The van der Waals surface area contributed by atoms with E-state index in [9.17, 15) is 9.59 Å². The molecular formula is C19H21N3O3. The molecule has 0 atom stereocenters. The first-order valence-electron chi connectivity index (χ1n) is 8.43. The van der Waals surface area contributed by atoms with E-state index >= 15 is 0 Å². The molecule has 6 heteroatoms. The minimum absolute atomic E-state index is 0.145. The third-order valence-corrected chi connectivity index (χ3v) is 4.67. The van der Waals surface area contributed by atoms with Crippen molar-refractivity contribution in [1.82, 2.24) is 14.9 Å². The molecule has 1 N–H and O–H groups in total. The number of carboxylic acid groups (broad SMARTS) is 1. The van der Waals surface area contributed by atoms with Crippen LogP contribution < -0.4 is 0 Å². The van der Waals surface area contributed by atoms with Crippen molar-refractivity contribution in [3.8, 4) is 11.3 Å². The quantitative estimate of drug-likeness (QED) is 0.926. The van der Waals surface area contributed by atoms with Gasteiger partial charge in [-0.25, -0.2) is 4.79 Å². The molecule has 130 valence electrons. The zero-order valence-corrected chi connectivity index (χ0v) is 14.2. The van der Waals surface area contributed by atoms with Gasteiger partial charge in [-0.2, -0.15) is 0 Å². The molecule has 1 amide bonds. The SMILES string of the molecule is CC(=O)N1CCC(Cc2cnc(-c3cccc(C(=O)O)c3)cn2)CC1. The van der Waals surface area contributed by atoms with E-state index in [-0.39, 0.29) is 11.5 Å².